The van der Waals surface area contributed by atoms with E-state index in [9.17, 15) is 22.8 Å². The summed E-state index contributed by atoms with van der Waals surface area (Å²) in [4.78, 5) is 27.3. The normalized spacial score (nSPS) is 11.4. The van der Waals surface area contributed by atoms with Crippen LogP contribution in [0.5, 0.6) is 11.5 Å². The van der Waals surface area contributed by atoms with Gasteiger partial charge in [0, 0.05) is 24.9 Å². The molecule has 0 aliphatic rings. The number of aryl methyl sites for hydroxylation is 1. The van der Waals surface area contributed by atoms with Gasteiger partial charge < -0.3 is 19.8 Å². The number of benzene rings is 2. The fraction of sp³-hybridized carbons (Fsp3) is 0.360. The van der Waals surface area contributed by atoms with E-state index in [0.717, 1.165) is 12.1 Å². The smallest absolute Gasteiger partial charge is 0.416 e. The topological polar surface area (TPSA) is 106 Å². The highest BCUT2D eigenvalue weighted by molar-refractivity contribution is 5.76. The van der Waals surface area contributed by atoms with Gasteiger partial charge in [0.05, 0.1) is 19.3 Å². The fourth-order valence-corrected chi connectivity index (χ4v) is 3.22. The number of methoxy groups -OCH3 is 1. The van der Waals surface area contributed by atoms with Crippen molar-refractivity contribution >= 4 is 5.91 Å². The molecule has 2 N–H and O–H groups in total. The summed E-state index contributed by atoms with van der Waals surface area (Å²) in [6, 6.07) is 9.83. The molecule has 1 amide bonds. The number of nitrogens with one attached hydrogen (secondary N) is 2. The van der Waals surface area contributed by atoms with E-state index in [1.165, 1.54) is 19.2 Å². The Morgan fingerprint density at radius 1 is 1.11 bits per heavy atom. The molecule has 8 nitrogen and oxygen atoms in total. The molecule has 0 saturated carbocycles. The second-order valence-electron chi connectivity index (χ2n) is 8.49. The molecule has 0 radical (unpaired) electrons. The molecule has 0 atom stereocenters. The average molecular weight is 505 g/mol. The van der Waals surface area contributed by atoms with E-state index < -0.39 is 23.2 Å². The van der Waals surface area contributed by atoms with Crippen LogP contribution in [-0.2, 0) is 23.9 Å². The van der Waals surface area contributed by atoms with Gasteiger partial charge in [-0.05, 0) is 41.8 Å². The zero-order valence-electron chi connectivity index (χ0n) is 20.1. The zero-order chi connectivity index (χ0) is 26.3. The van der Waals surface area contributed by atoms with Crippen LogP contribution >= 0.6 is 0 Å². The van der Waals surface area contributed by atoms with E-state index in [-0.39, 0.29) is 30.9 Å². The van der Waals surface area contributed by atoms with E-state index in [1.54, 1.807) is 18.2 Å². The number of rotatable bonds is 10. The van der Waals surface area contributed by atoms with Gasteiger partial charge >= 0.3 is 6.18 Å². The lowest BCUT2D eigenvalue weighted by molar-refractivity contribution is -0.137. The maximum atomic E-state index is 12.8. The number of aromatic nitrogens is 3. The van der Waals surface area contributed by atoms with Gasteiger partial charge in [-0.3, -0.25) is 9.59 Å². The summed E-state index contributed by atoms with van der Waals surface area (Å²) in [5.74, 6) is 1.19. The van der Waals surface area contributed by atoms with Gasteiger partial charge in [0.2, 0.25) is 5.91 Å². The Hall–Kier alpha value is -3.89. The molecule has 0 aliphatic carbocycles. The molecule has 3 aromatic rings. The molecule has 192 valence electrons. The second kappa shape index (κ2) is 11.7. The van der Waals surface area contributed by atoms with Gasteiger partial charge in [0.25, 0.3) is 5.56 Å². The molecule has 3 rings (SSSR count). The van der Waals surface area contributed by atoms with Crippen molar-refractivity contribution in [2.45, 2.75) is 39.4 Å². The highest BCUT2D eigenvalue weighted by Gasteiger charge is 2.30. The minimum Gasteiger partial charge on any atom is -0.493 e. The molecule has 0 unspecified atom stereocenters. The van der Waals surface area contributed by atoms with Crippen molar-refractivity contribution in [3.63, 3.8) is 0 Å². The number of hydrogen-bond donors (Lipinski definition) is 2. The summed E-state index contributed by atoms with van der Waals surface area (Å²) in [5.41, 5.74) is -0.331. The van der Waals surface area contributed by atoms with Crippen LogP contribution < -0.4 is 20.3 Å². The molecule has 1 heterocycles. The maximum absolute atomic E-state index is 12.8. The Morgan fingerprint density at radius 3 is 2.56 bits per heavy atom. The van der Waals surface area contributed by atoms with Gasteiger partial charge in [0.15, 0.2) is 17.3 Å². The minimum atomic E-state index is -4.46. The summed E-state index contributed by atoms with van der Waals surface area (Å²) in [6.07, 6.45) is -4.52. The minimum absolute atomic E-state index is 0.0162. The first-order valence-electron chi connectivity index (χ1n) is 11.3. The van der Waals surface area contributed by atoms with Gasteiger partial charge in [-0.2, -0.15) is 13.2 Å². The van der Waals surface area contributed by atoms with Crippen molar-refractivity contribution in [3.8, 4) is 22.9 Å². The summed E-state index contributed by atoms with van der Waals surface area (Å²) >= 11 is 0. The van der Waals surface area contributed by atoms with Crippen molar-refractivity contribution in [2.24, 2.45) is 5.92 Å². The second-order valence-corrected chi connectivity index (χ2v) is 8.49. The van der Waals surface area contributed by atoms with Gasteiger partial charge in [-0.1, -0.05) is 26.0 Å². The number of hydrogen-bond acceptors (Lipinski definition) is 6. The SMILES string of the molecule is COc1cc(-c2nnc(CCC(=O)NCc3cccc(C(F)(F)F)c3)c(=O)[nH]2)ccc1OCC(C)C. The number of ether oxygens (including phenoxy) is 2. The molecule has 1 aromatic heterocycles. The summed E-state index contributed by atoms with van der Waals surface area (Å²) in [6.45, 7) is 4.52. The van der Waals surface area contributed by atoms with Crippen LogP contribution in [0.2, 0.25) is 0 Å². The number of carbonyl (C=O) groups excluding carboxylic acids is 1. The average Bonchev–Trinajstić information content (AvgIpc) is 2.85. The van der Waals surface area contributed by atoms with Crippen molar-refractivity contribution < 1.29 is 27.4 Å². The highest BCUT2D eigenvalue weighted by atomic mass is 19.4. The third-order valence-electron chi connectivity index (χ3n) is 5.11. The number of amides is 1. The number of carbonyl (C=O) groups is 1. The van der Waals surface area contributed by atoms with E-state index in [1.807, 2.05) is 13.8 Å². The van der Waals surface area contributed by atoms with E-state index in [4.69, 9.17) is 9.47 Å². The molecule has 0 aliphatic heterocycles. The van der Waals surface area contributed by atoms with Crippen LogP contribution in [0.15, 0.2) is 47.3 Å². The Morgan fingerprint density at radius 2 is 1.89 bits per heavy atom. The lowest BCUT2D eigenvalue weighted by Gasteiger charge is -2.13. The molecular weight excluding hydrogens is 477 g/mol. The molecule has 0 bridgehead atoms. The van der Waals surface area contributed by atoms with Crippen LogP contribution in [0.3, 0.4) is 0 Å². The first-order chi connectivity index (χ1) is 17.1. The van der Waals surface area contributed by atoms with Crippen molar-refractivity contribution in [3.05, 3.63) is 69.6 Å². The Bertz CT molecular complexity index is 1260. The zero-order valence-corrected chi connectivity index (χ0v) is 20.1. The van der Waals surface area contributed by atoms with Crippen molar-refractivity contribution in [2.75, 3.05) is 13.7 Å². The van der Waals surface area contributed by atoms with Gasteiger partial charge in [-0.15, -0.1) is 10.2 Å². The number of H-pyrrole nitrogens is 1. The van der Waals surface area contributed by atoms with Crippen LogP contribution in [0, 0.1) is 5.92 Å². The predicted octanol–water partition coefficient (Wildman–Crippen LogP) is 4.14. The lowest BCUT2D eigenvalue weighted by atomic mass is 10.1. The molecule has 0 saturated heterocycles. The predicted molar refractivity (Wildman–Crippen MR) is 127 cm³/mol. The van der Waals surface area contributed by atoms with E-state index in [0.29, 0.717) is 35.2 Å². The number of halogens is 3. The summed E-state index contributed by atoms with van der Waals surface area (Å²) in [7, 11) is 1.51. The molecule has 0 fully saturated rings. The van der Waals surface area contributed by atoms with E-state index in [2.05, 4.69) is 20.5 Å². The van der Waals surface area contributed by atoms with Crippen molar-refractivity contribution in [1.29, 1.82) is 0 Å². The summed E-state index contributed by atoms with van der Waals surface area (Å²) < 4.78 is 49.6. The van der Waals surface area contributed by atoms with Gasteiger partial charge in [0.1, 0.15) is 5.69 Å². The number of aromatic amines is 1. The number of nitrogens with zero attached hydrogens (tertiary/aromatic N) is 2. The largest absolute Gasteiger partial charge is 0.493 e. The maximum Gasteiger partial charge on any atom is 0.416 e. The van der Waals surface area contributed by atoms with Crippen LogP contribution in [0.25, 0.3) is 11.4 Å². The van der Waals surface area contributed by atoms with Crippen molar-refractivity contribution in [1.82, 2.24) is 20.5 Å². The first-order valence-corrected chi connectivity index (χ1v) is 11.3. The molecule has 36 heavy (non-hydrogen) atoms. The van der Waals surface area contributed by atoms with E-state index >= 15 is 0 Å². The first kappa shape index (κ1) is 26.7. The van der Waals surface area contributed by atoms with Crippen LogP contribution in [0.4, 0.5) is 13.2 Å². The number of alkyl halides is 3. The highest BCUT2D eigenvalue weighted by Crippen LogP contribution is 2.31. The Kier molecular flexibility index (Phi) is 8.68. The third kappa shape index (κ3) is 7.30. The Balaban J connectivity index is 1.60. The van der Waals surface area contributed by atoms with Crippen LogP contribution in [0.1, 0.15) is 37.1 Å². The Labute approximate surface area is 205 Å². The molecule has 2 aromatic carbocycles. The lowest BCUT2D eigenvalue weighted by Crippen LogP contribution is -2.25. The fourth-order valence-electron chi connectivity index (χ4n) is 3.22. The van der Waals surface area contributed by atoms with Gasteiger partial charge in [-0.25, -0.2) is 0 Å². The van der Waals surface area contributed by atoms with Crippen LogP contribution in [-0.4, -0.2) is 34.8 Å². The summed E-state index contributed by atoms with van der Waals surface area (Å²) in [5, 5.41) is 10.6. The quantitative estimate of drug-likeness (QED) is 0.430. The monoisotopic (exact) mass is 504 g/mol. The molecule has 11 heteroatoms. The third-order valence-corrected chi connectivity index (χ3v) is 5.11. The molecule has 0 spiro atoms. The molecular formula is C25H27F3N4O4. The standard InChI is InChI=1S/C25H27F3N4O4/c1-15(2)14-36-20-9-7-17(12-21(20)35-3)23-30-24(34)19(31-32-23)8-10-22(33)29-13-16-5-4-6-18(11-16)25(26,27)28/h4-7,9,11-12,15H,8,10,13-14H2,1-3H3,(H,29,33)(H,30,32,34).